The fourth-order valence-electron chi connectivity index (χ4n) is 1.36. The fraction of sp³-hybridized carbons (Fsp3) is 0.500. The summed E-state index contributed by atoms with van der Waals surface area (Å²) in [6.45, 7) is 13.7. The molecule has 0 aliphatic carbocycles. The van der Waals surface area contributed by atoms with Crippen molar-refractivity contribution >= 4 is 11.9 Å². The molecule has 0 unspecified atom stereocenters. The van der Waals surface area contributed by atoms with E-state index in [1.165, 1.54) is 11.1 Å². The predicted octanol–water partition coefficient (Wildman–Crippen LogP) is 3.66. The van der Waals surface area contributed by atoms with Crippen LogP contribution in [-0.2, 0) is 0 Å². The van der Waals surface area contributed by atoms with Crippen molar-refractivity contribution in [3.63, 3.8) is 0 Å². The van der Waals surface area contributed by atoms with Crippen LogP contribution in [0.3, 0.4) is 0 Å². The van der Waals surface area contributed by atoms with Crippen LogP contribution in [0.25, 0.3) is 0 Å². The highest BCUT2D eigenvalue weighted by molar-refractivity contribution is 7.96. The third-order valence-corrected chi connectivity index (χ3v) is 2.97. The molecule has 0 aromatic carbocycles. The maximum atomic E-state index is 3.81. The van der Waals surface area contributed by atoms with Gasteiger partial charge in [-0.25, -0.2) is 4.31 Å². The first-order valence-electron chi connectivity index (χ1n) is 5.07. The van der Waals surface area contributed by atoms with Crippen molar-refractivity contribution in [1.29, 1.82) is 0 Å². The topological polar surface area (TPSA) is 3.24 Å². The van der Waals surface area contributed by atoms with Gasteiger partial charge in [-0.15, -0.1) is 0 Å². The Labute approximate surface area is 92.7 Å². The van der Waals surface area contributed by atoms with Crippen LogP contribution >= 0.6 is 11.9 Å². The number of hydrogen-bond donors (Lipinski definition) is 0. The molecule has 0 aromatic heterocycles. The standard InChI is InChI=1S/C10H15NS.C2H6/c1-4-9-6-7-11(12-3)8-10(9)5-2;1-2/h4-5H,1-2,6-8H2,3H3;1-2H3. The van der Waals surface area contributed by atoms with Crippen molar-refractivity contribution in [3.05, 3.63) is 36.5 Å². The van der Waals surface area contributed by atoms with Crippen LogP contribution in [0.15, 0.2) is 36.5 Å². The zero-order chi connectivity index (χ0) is 11.0. The van der Waals surface area contributed by atoms with E-state index in [0.29, 0.717) is 0 Å². The Hall–Kier alpha value is -0.470. The van der Waals surface area contributed by atoms with Crippen LogP contribution in [0.4, 0.5) is 0 Å². The summed E-state index contributed by atoms with van der Waals surface area (Å²) in [4.78, 5) is 0. The van der Waals surface area contributed by atoms with E-state index < -0.39 is 0 Å². The zero-order valence-corrected chi connectivity index (χ0v) is 10.4. The minimum absolute atomic E-state index is 1.01. The van der Waals surface area contributed by atoms with Crippen LogP contribution in [0.1, 0.15) is 20.3 Å². The Kier molecular flexibility index (Phi) is 7.63. The van der Waals surface area contributed by atoms with Crippen LogP contribution < -0.4 is 0 Å². The van der Waals surface area contributed by atoms with Crippen molar-refractivity contribution in [1.82, 2.24) is 4.31 Å². The molecule has 0 saturated carbocycles. The molecule has 80 valence electrons. The molecule has 0 spiro atoms. The molecule has 0 saturated heterocycles. The third-order valence-electron chi connectivity index (χ3n) is 2.14. The number of nitrogens with zero attached hydrogens (tertiary/aromatic N) is 1. The largest absolute Gasteiger partial charge is 0.246 e. The molecule has 0 aromatic rings. The average Bonchev–Trinajstić information content (AvgIpc) is 2.30. The lowest BCUT2D eigenvalue weighted by Crippen LogP contribution is -2.24. The maximum Gasteiger partial charge on any atom is 0.0343 e. The van der Waals surface area contributed by atoms with E-state index in [2.05, 4.69) is 23.7 Å². The Morgan fingerprint density at radius 1 is 1.21 bits per heavy atom. The van der Waals surface area contributed by atoms with Crippen molar-refractivity contribution in [2.45, 2.75) is 20.3 Å². The molecular weight excluding hydrogens is 190 g/mol. The molecule has 0 atom stereocenters. The van der Waals surface area contributed by atoms with Crippen molar-refractivity contribution in [3.8, 4) is 0 Å². The minimum Gasteiger partial charge on any atom is -0.246 e. The van der Waals surface area contributed by atoms with Gasteiger partial charge < -0.3 is 0 Å². The summed E-state index contributed by atoms with van der Waals surface area (Å²) in [6.07, 6.45) is 7.11. The fourth-order valence-corrected chi connectivity index (χ4v) is 1.90. The van der Waals surface area contributed by atoms with E-state index in [-0.39, 0.29) is 0 Å². The quantitative estimate of drug-likeness (QED) is 0.655. The van der Waals surface area contributed by atoms with Crippen molar-refractivity contribution < 1.29 is 0 Å². The highest BCUT2D eigenvalue weighted by Gasteiger charge is 2.13. The molecule has 0 N–H and O–H groups in total. The lowest BCUT2D eigenvalue weighted by Gasteiger charge is -2.26. The van der Waals surface area contributed by atoms with E-state index in [0.717, 1.165) is 19.5 Å². The molecule has 1 nitrogen and oxygen atoms in total. The maximum absolute atomic E-state index is 3.81. The second-order valence-electron chi connectivity index (χ2n) is 2.75. The minimum atomic E-state index is 1.01. The molecule has 1 aliphatic rings. The Morgan fingerprint density at radius 2 is 1.79 bits per heavy atom. The average molecular weight is 211 g/mol. The van der Waals surface area contributed by atoms with Gasteiger partial charge in [0.25, 0.3) is 0 Å². The summed E-state index contributed by atoms with van der Waals surface area (Å²) in [5.74, 6) is 0. The number of rotatable bonds is 3. The van der Waals surface area contributed by atoms with E-state index in [1.807, 2.05) is 26.0 Å². The molecule has 0 bridgehead atoms. The highest BCUT2D eigenvalue weighted by atomic mass is 32.2. The highest BCUT2D eigenvalue weighted by Crippen LogP contribution is 2.22. The normalized spacial score (nSPS) is 17.1. The lowest BCUT2D eigenvalue weighted by atomic mass is 10.0. The molecule has 0 fully saturated rings. The van der Waals surface area contributed by atoms with Gasteiger partial charge in [0.15, 0.2) is 0 Å². The second kappa shape index (κ2) is 7.89. The predicted molar refractivity (Wildman–Crippen MR) is 68.5 cm³/mol. The van der Waals surface area contributed by atoms with Crippen molar-refractivity contribution in [2.75, 3.05) is 19.3 Å². The van der Waals surface area contributed by atoms with E-state index >= 15 is 0 Å². The smallest absolute Gasteiger partial charge is 0.0343 e. The Morgan fingerprint density at radius 3 is 2.21 bits per heavy atom. The van der Waals surface area contributed by atoms with E-state index in [1.54, 1.807) is 11.9 Å². The second-order valence-corrected chi connectivity index (χ2v) is 3.64. The van der Waals surface area contributed by atoms with Gasteiger partial charge in [-0.05, 0) is 23.8 Å². The summed E-state index contributed by atoms with van der Waals surface area (Å²) in [7, 11) is 0. The summed E-state index contributed by atoms with van der Waals surface area (Å²) >= 11 is 1.79. The number of allylic oxidation sites excluding steroid dienone is 1. The molecule has 2 heteroatoms. The first-order valence-corrected chi connectivity index (χ1v) is 6.26. The molecule has 1 heterocycles. The van der Waals surface area contributed by atoms with Gasteiger partial charge in [0, 0.05) is 13.1 Å². The van der Waals surface area contributed by atoms with Gasteiger partial charge in [0.1, 0.15) is 0 Å². The van der Waals surface area contributed by atoms with E-state index in [4.69, 9.17) is 0 Å². The van der Waals surface area contributed by atoms with Crippen LogP contribution in [-0.4, -0.2) is 23.7 Å². The Balaban J connectivity index is 0.000000791. The van der Waals surface area contributed by atoms with Crippen LogP contribution in [0.2, 0.25) is 0 Å². The van der Waals surface area contributed by atoms with Gasteiger partial charge in [0.2, 0.25) is 0 Å². The van der Waals surface area contributed by atoms with Crippen LogP contribution in [0.5, 0.6) is 0 Å². The monoisotopic (exact) mass is 211 g/mol. The zero-order valence-electron chi connectivity index (χ0n) is 9.55. The van der Waals surface area contributed by atoms with Gasteiger partial charge in [-0.1, -0.05) is 51.1 Å². The first-order chi connectivity index (χ1) is 6.81. The molecule has 1 rings (SSSR count). The van der Waals surface area contributed by atoms with Gasteiger partial charge in [-0.3, -0.25) is 0 Å². The Bertz CT molecular complexity index is 218. The summed E-state index contributed by atoms with van der Waals surface area (Å²) < 4.78 is 2.34. The first kappa shape index (κ1) is 13.5. The molecule has 1 aliphatic heterocycles. The summed E-state index contributed by atoms with van der Waals surface area (Å²) in [5.41, 5.74) is 2.68. The van der Waals surface area contributed by atoms with Gasteiger partial charge in [-0.2, -0.15) is 0 Å². The SMILES string of the molecule is C=CC1=C(C=C)CN(SC)CC1.CC. The third kappa shape index (κ3) is 3.72. The van der Waals surface area contributed by atoms with Crippen LogP contribution in [0, 0.1) is 0 Å². The van der Waals surface area contributed by atoms with Gasteiger partial charge >= 0.3 is 0 Å². The lowest BCUT2D eigenvalue weighted by molar-refractivity contribution is 0.493. The molecule has 14 heavy (non-hydrogen) atoms. The summed E-state index contributed by atoms with van der Waals surface area (Å²) in [5, 5.41) is 0. The molecule has 0 amide bonds. The molecular formula is C12H21NS. The summed E-state index contributed by atoms with van der Waals surface area (Å²) in [6, 6.07) is 0. The molecule has 0 radical (unpaired) electrons. The number of hydrogen-bond acceptors (Lipinski definition) is 2. The van der Waals surface area contributed by atoms with Crippen molar-refractivity contribution in [2.24, 2.45) is 0 Å². The van der Waals surface area contributed by atoms with Gasteiger partial charge in [0.05, 0.1) is 0 Å². The van der Waals surface area contributed by atoms with E-state index in [9.17, 15) is 0 Å².